The Morgan fingerprint density at radius 2 is 1.89 bits per heavy atom. The van der Waals surface area contributed by atoms with Gasteiger partial charge in [0.05, 0.1) is 0 Å². The largest absolute Gasteiger partial charge is 0.459 e. The molecule has 0 fully saturated rings. The van der Waals surface area contributed by atoms with Crippen molar-refractivity contribution < 1.29 is 23.9 Å². The summed E-state index contributed by atoms with van der Waals surface area (Å²) in [4.78, 5) is 30.4. The molecule has 1 atom stereocenters. The quantitative estimate of drug-likeness (QED) is 0.555. The smallest absolute Gasteiger partial charge is 0.356 e. The van der Waals surface area contributed by atoms with Crippen LogP contribution < -0.4 is 5.73 Å². The molecule has 106 valence electrons. The molecule has 1 rings (SSSR count). The van der Waals surface area contributed by atoms with E-state index in [1.54, 1.807) is 24.3 Å². The zero-order valence-corrected chi connectivity index (χ0v) is 11.7. The predicted molar refractivity (Wildman–Crippen MR) is 70.0 cm³/mol. The Morgan fingerprint density at radius 3 is 2.32 bits per heavy atom. The van der Waals surface area contributed by atoms with Crippen molar-refractivity contribution in [3.8, 4) is 0 Å². The van der Waals surface area contributed by atoms with Crippen LogP contribution in [0, 0.1) is 5.92 Å². The summed E-state index contributed by atoms with van der Waals surface area (Å²) < 4.78 is 16.3. The molecule has 1 aromatic rings. The summed E-state index contributed by atoms with van der Waals surface area (Å²) in [5.74, 6) is -1.85. The normalized spacial score (nSPS) is 15.1. The molecule has 0 radical (unpaired) electrons. The first-order valence-electron chi connectivity index (χ1n) is 5.75. The van der Waals surface area contributed by atoms with E-state index in [2.05, 4.69) is 0 Å². The molecule has 7 heteroatoms. The first-order chi connectivity index (χ1) is 8.69. The van der Waals surface area contributed by atoms with Gasteiger partial charge in [-0.1, -0.05) is 44.2 Å². The fraction of sp³-hybridized carbons (Fsp3) is 0.417. The van der Waals surface area contributed by atoms with Gasteiger partial charge >= 0.3 is 13.6 Å². The summed E-state index contributed by atoms with van der Waals surface area (Å²) in [5.41, 5.74) is 6.30. The third-order valence-corrected chi connectivity index (χ3v) is 4.56. The molecule has 0 heterocycles. The number of benzene rings is 1. The molecule has 19 heavy (non-hydrogen) atoms. The molecule has 4 N–H and O–H groups in total. The third-order valence-electron chi connectivity index (χ3n) is 2.90. The van der Waals surface area contributed by atoms with E-state index in [4.69, 9.17) is 10.5 Å². The van der Waals surface area contributed by atoms with Crippen molar-refractivity contribution in [2.24, 2.45) is 11.7 Å². The number of nitrogens with two attached hydrogens (primary N) is 1. The van der Waals surface area contributed by atoms with E-state index >= 15 is 0 Å². The highest BCUT2D eigenvalue weighted by Crippen LogP contribution is 2.51. The SMILES string of the molecule is CC(C)[C@@](N)(C(=O)OCc1ccccc1)P(=O)(O)O. The van der Waals surface area contributed by atoms with Crippen LogP contribution in [0.4, 0.5) is 0 Å². The Bertz CT molecular complexity index is 484. The standard InChI is InChI=1S/C12H18NO5P/c1-9(2)12(13,19(15,16)17)11(14)18-8-10-6-4-3-5-7-10/h3-7,9H,8,13H2,1-2H3,(H2,15,16,17)/t12-/m0/s1. The minimum Gasteiger partial charge on any atom is -0.459 e. The van der Waals surface area contributed by atoms with Gasteiger partial charge in [-0.05, 0) is 11.5 Å². The first-order valence-corrected chi connectivity index (χ1v) is 7.36. The molecular formula is C12H18NO5P. The van der Waals surface area contributed by atoms with Gasteiger partial charge in [-0.15, -0.1) is 0 Å². The van der Waals surface area contributed by atoms with Crippen LogP contribution in [0.5, 0.6) is 0 Å². The molecular weight excluding hydrogens is 269 g/mol. The molecule has 0 bridgehead atoms. The molecule has 1 aromatic carbocycles. The number of hydrogen-bond donors (Lipinski definition) is 3. The van der Waals surface area contributed by atoms with E-state index < -0.39 is 24.8 Å². The van der Waals surface area contributed by atoms with Gasteiger partial charge in [-0.3, -0.25) is 4.57 Å². The molecule has 0 saturated carbocycles. The second-order valence-corrected chi connectivity index (χ2v) is 6.41. The van der Waals surface area contributed by atoms with Gasteiger partial charge in [0.1, 0.15) is 6.61 Å². The van der Waals surface area contributed by atoms with E-state index in [9.17, 15) is 19.1 Å². The number of carbonyl (C=O) groups is 1. The highest BCUT2D eigenvalue weighted by molar-refractivity contribution is 7.54. The summed E-state index contributed by atoms with van der Waals surface area (Å²) in [7, 11) is -4.82. The van der Waals surface area contributed by atoms with Gasteiger partial charge in [-0.2, -0.15) is 0 Å². The van der Waals surface area contributed by atoms with Crippen LogP contribution in [-0.4, -0.2) is 21.0 Å². The minimum atomic E-state index is -4.82. The molecule has 0 unspecified atom stereocenters. The van der Waals surface area contributed by atoms with Gasteiger partial charge in [0, 0.05) is 0 Å². The third kappa shape index (κ3) is 3.42. The van der Waals surface area contributed by atoms with Gasteiger partial charge in [-0.25, -0.2) is 4.79 Å². The van der Waals surface area contributed by atoms with Crippen molar-refractivity contribution in [1.29, 1.82) is 0 Å². The van der Waals surface area contributed by atoms with Crippen molar-refractivity contribution in [2.45, 2.75) is 25.7 Å². The maximum atomic E-state index is 11.9. The van der Waals surface area contributed by atoms with Crippen molar-refractivity contribution in [2.75, 3.05) is 0 Å². The lowest BCUT2D eigenvalue weighted by Gasteiger charge is -2.31. The minimum absolute atomic E-state index is 0.0780. The van der Waals surface area contributed by atoms with Crippen molar-refractivity contribution in [1.82, 2.24) is 0 Å². The summed E-state index contributed by atoms with van der Waals surface area (Å²) in [5, 5.41) is -2.32. The molecule has 6 nitrogen and oxygen atoms in total. The van der Waals surface area contributed by atoms with E-state index in [1.165, 1.54) is 13.8 Å². The topological polar surface area (TPSA) is 110 Å². The molecule has 0 aliphatic carbocycles. The Hall–Kier alpha value is -1.20. The van der Waals surface area contributed by atoms with Crippen LogP contribution in [0.25, 0.3) is 0 Å². The zero-order valence-electron chi connectivity index (χ0n) is 10.8. The number of rotatable bonds is 5. The fourth-order valence-electron chi connectivity index (χ4n) is 1.53. The summed E-state index contributed by atoms with van der Waals surface area (Å²) in [6, 6.07) is 8.81. The van der Waals surface area contributed by atoms with E-state index in [1.807, 2.05) is 6.07 Å². The summed E-state index contributed by atoms with van der Waals surface area (Å²) in [6.07, 6.45) is 0. The lowest BCUT2D eigenvalue weighted by molar-refractivity contribution is -0.150. The van der Waals surface area contributed by atoms with E-state index in [-0.39, 0.29) is 6.61 Å². The second kappa shape index (κ2) is 5.84. The van der Waals surface area contributed by atoms with Gasteiger partial charge in [0.15, 0.2) is 0 Å². The van der Waals surface area contributed by atoms with Crippen LogP contribution in [0.2, 0.25) is 0 Å². The van der Waals surface area contributed by atoms with Gasteiger partial charge in [0.2, 0.25) is 5.28 Å². The van der Waals surface area contributed by atoms with Crippen LogP contribution in [0.15, 0.2) is 30.3 Å². The second-order valence-electron chi connectivity index (χ2n) is 4.59. The van der Waals surface area contributed by atoms with Crippen molar-refractivity contribution >= 4 is 13.6 Å². The molecule has 0 aliphatic heterocycles. The first kappa shape index (κ1) is 15.9. The van der Waals surface area contributed by atoms with Crippen molar-refractivity contribution in [3.63, 3.8) is 0 Å². The maximum absolute atomic E-state index is 11.9. The van der Waals surface area contributed by atoms with E-state index in [0.717, 1.165) is 0 Å². The number of carbonyl (C=O) groups excluding carboxylic acids is 1. The molecule has 0 aromatic heterocycles. The highest BCUT2D eigenvalue weighted by Gasteiger charge is 2.54. The Kier molecular flexibility index (Phi) is 4.87. The maximum Gasteiger partial charge on any atom is 0.356 e. The molecule has 0 saturated heterocycles. The van der Waals surface area contributed by atoms with Gasteiger partial charge in [0.25, 0.3) is 0 Å². The molecule has 0 spiro atoms. The molecule has 0 aliphatic rings. The van der Waals surface area contributed by atoms with Crippen LogP contribution in [0.1, 0.15) is 19.4 Å². The van der Waals surface area contributed by atoms with Gasteiger partial charge < -0.3 is 20.3 Å². The number of esters is 1. The monoisotopic (exact) mass is 287 g/mol. The van der Waals surface area contributed by atoms with Crippen LogP contribution >= 0.6 is 7.60 Å². The Labute approximate surface area is 111 Å². The fourth-order valence-corrected chi connectivity index (χ4v) is 2.50. The van der Waals surface area contributed by atoms with E-state index in [0.29, 0.717) is 5.56 Å². The predicted octanol–water partition coefficient (Wildman–Crippen LogP) is 1.22. The van der Waals surface area contributed by atoms with Crippen LogP contribution in [0.3, 0.4) is 0 Å². The lowest BCUT2D eigenvalue weighted by atomic mass is 10.1. The number of hydrogen-bond acceptors (Lipinski definition) is 4. The summed E-state index contributed by atoms with van der Waals surface area (Å²) in [6.45, 7) is 2.84. The Morgan fingerprint density at radius 1 is 1.37 bits per heavy atom. The summed E-state index contributed by atoms with van der Waals surface area (Å²) >= 11 is 0. The van der Waals surface area contributed by atoms with Crippen molar-refractivity contribution in [3.05, 3.63) is 35.9 Å². The lowest BCUT2D eigenvalue weighted by Crippen LogP contribution is -2.52. The highest BCUT2D eigenvalue weighted by atomic mass is 31.2. The average Bonchev–Trinajstić information content (AvgIpc) is 2.34. The zero-order chi connectivity index (χ0) is 14.7. The Balaban J connectivity index is 2.83. The van der Waals surface area contributed by atoms with Crippen LogP contribution in [-0.2, 0) is 20.7 Å². The number of ether oxygens (including phenoxy) is 1. The average molecular weight is 287 g/mol. The molecule has 0 amide bonds.